The summed E-state index contributed by atoms with van der Waals surface area (Å²) in [4.78, 5) is 70.6. The molecule has 3 aliphatic rings. The van der Waals surface area contributed by atoms with Gasteiger partial charge >= 0.3 is 12.1 Å². The number of pyridine rings is 1. The number of fused-ring (bicyclic) bond motifs is 1. The Labute approximate surface area is 444 Å². The molecule has 1 aromatic carbocycles. The minimum absolute atomic E-state index is 0.0476. The number of unbranched alkanes of at least 4 members (excludes halogenated alkanes) is 1. The van der Waals surface area contributed by atoms with Crippen LogP contribution in [0.1, 0.15) is 92.6 Å². The number of ether oxygens (including phenoxy) is 5. The summed E-state index contributed by atoms with van der Waals surface area (Å²) in [7, 11) is 2.28. The van der Waals surface area contributed by atoms with E-state index in [1.54, 1.807) is 77.6 Å². The van der Waals surface area contributed by atoms with Gasteiger partial charge in [-0.05, 0) is 96.2 Å². The smallest absolute Gasteiger partial charge is 0.410 e. The van der Waals surface area contributed by atoms with Crippen molar-refractivity contribution in [2.24, 2.45) is 29.3 Å². The number of carbonyl (C=O) groups excluding carboxylic acids is 4. The maximum Gasteiger partial charge on any atom is 0.410 e. The molecule has 6 rings (SSSR count). The summed E-state index contributed by atoms with van der Waals surface area (Å²) >= 11 is 0. The van der Waals surface area contributed by atoms with Crippen LogP contribution in [0.15, 0.2) is 90.3 Å². The maximum atomic E-state index is 15.0. The number of nitrogens with zero attached hydrogens (tertiary/aromatic N) is 6. The lowest BCUT2D eigenvalue weighted by atomic mass is 9.73. The van der Waals surface area contributed by atoms with Crippen molar-refractivity contribution in [2.45, 2.75) is 159 Å². The van der Waals surface area contributed by atoms with E-state index in [4.69, 9.17) is 35.3 Å². The first kappa shape index (κ1) is 58.9. The fraction of sp³-hybridized carbons (Fsp3) is 0.600. The molecule has 0 radical (unpaired) electrons. The van der Waals surface area contributed by atoms with Crippen LogP contribution in [0.2, 0.25) is 0 Å². The molecule has 3 saturated heterocycles. The molecular formula is C55H80N8O11S. The standard InChI is InChI=1S/C55H80N8O11S/c1-12-45-55(8)49(63(53(68)74-55)25-14-13-24-61-32-43(59-33-61)40-16-15-23-58-30-40)36(4)46(64)34(2)29-54(7,70-10)50(37(5)47(65)38(6)51(67)72-45)73-52-48(66)44(28-35(3)71-52)60(9)26-22-41(56)31-62(57)27-21-39-17-19-42(20-18-39)75(11)69/h15-20,23,30-37,44-45,48-50,52,66H,6,12-14,21-22,24-29,56-57H2,1-5,7-11H3/b41-31-/t34-,35-,36?,37+,44+,45-,48-,49-,50-,52?,54-,55-,75?/m1/s1. The molecule has 20 heteroatoms. The number of aliphatic hydroxyl groups is 1. The summed E-state index contributed by atoms with van der Waals surface area (Å²) < 4.78 is 45.3. The number of methoxy groups -OCH3 is 1. The maximum absolute atomic E-state index is 15.0. The Morgan fingerprint density at radius 2 is 1.76 bits per heavy atom. The van der Waals surface area contributed by atoms with Gasteiger partial charge in [0.05, 0.1) is 41.4 Å². The number of esters is 1. The number of nitrogens with two attached hydrogens (primary N) is 2. The highest BCUT2D eigenvalue weighted by atomic mass is 32.2. The lowest BCUT2D eigenvalue weighted by Crippen LogP contribution is -2.60. The molecule has 0 aliphatic carbocycles. The molecule has 0 saturated carbocycles. The average Bonchev–Trinajstić information content (AvgIpc) is 3.97. The summed E-state index contributed by atoms with van der Waals surface area (Å²) in [6.07, 6.45) is 7.73. The number of hydrogen-bond acceptors (Lipinski definition) is 17. The van der Waals surface area contributed by atoms with Crippen LogP contribution in [0.3, 0.4) is 0 Å². The summed E-state index contributed by atoms with van der Waals surface area (Å²) in [5.74, 6) is 1.74. The van der Waals surface area contributed by atoms with E-state index in [2.05, 4.69) is 16.5 Å². The molecular weight excluding hydrogens is 981 g/mol. The van der Waals surface area contributed by atoms with Gasteiger partial charge in [-0.15, -0.1) is 0 Å². The molecule has 3 aromatic rings. The lowest BCUT2D eigenvalue weighted by molar-refractivity contribution is -0.295. The highest BCUT2D eigenvalue weighted by molar-refractivity contribution is 7.84. The lowest BCUT2D eigenvalue weighted by Gasteiger charge is -2.47. The van der Waals surface area contributed by atoms with Gasteiger partial charge in [-0.2, -0.15) is 0 Å². The third-order valence-corrected chi connectivity index (χ3v) is 16.4. The molecule has 13 atom stereocenters. The molecule has 19 nitrogen and oxygen atoms in total. The van der Waals surface area contributed by atoms with Crippen molar-refractivity contribution in [1.29, 1.82) is 0 Å². The second-order valence-electron chi connectivity index (χ2n) is 21.1. The van der Waals surface area contributed by atoms with Crippen molar-refractivity contribution in [3.63, 3.8) is 0 Å². The number of ketones is 2. The zero-order valence-corrected chi connectivity index (χ0v) is 46.2. The van der Waals surface area contributed by atoms with E-state index in [0.29, 0.717) is 57.4 Å². The topological polar surface area (TPSA) is 244 Å². The monoisotopic (exact) mass is 1060 g/mol. The third kappa shape index (κ3) is 14.0. The number of aryl methyl sites for hydroxylation is 1. The number of aromatic nitrogens is 3. The summed E-state index contributed by atoms with van der Waals surface area (Å²) in [5, 5.41) is 13.6. The van der Waals surface area contributed by atoms with E-state index in [1.165, 1.54) is 12.1 Å². The van der Waals surface area contributed by atoms with Crippen LogP contribution >= 0.6 is 0 Å². The van der Waals surface area contributed by atoms with Crippen LogP contribution in [0, 0.1) is 17.8 Å². The van der Waals surface area contributed by atoms with Gasteiger partial charge in [-0.1, -0.05) is 46.4 Å². The molecule has 75 heavy (non-hydrogen) atoms. The minimum Gasteiger partial charge on any atom is -0.454 e. The first-order valence-electron chi connectivity index (χ1n) is 26.1. The van der Waals surface area contributed by atoms with Gasteiger partial charge in [-0.25, -0.2) is 20.4 Å². The molecule has 3 fully saturated rings. The molecule has 2 aromatic heterocycles. The first-order valence-corrected chi connectivity index (χ1v) is 27.6. The summed E-state index contributed by atoms with van der Waals surface area (Å²) in [6, 6.07) is 10.0. The Hall–Kier alpha value is -5.35. The Morgan fingerprint density at radius 1 is 1.05 bits per heavy atom. The number of benzene rings is 1. The van der Waals surface area contributed by atoms with Crippen LogP contribution in [0.4, 0.5) is 4.79 Å². The minimum atomic E-state index is -1.48. The average molecular weight is 1060 g/mol. The number of aliphatic hydroxyl groups excluding tert-OH is 1. The van der Waals surface area contributed by atoms with E-state index in [0.717, 1.165) is 21.7 Å². The number of imidazole rings is 1. The number of likely N-dealkylation sites (N-methyl/N-ethyl adjacent to an activating group) is 1. The highest BCUT2D eigenvalue weighted by Gasteiger charge is 2.60. The normalized spacial score (nSPS) is 30.7. The molecule has 3 unspecified atom stereocenters. The first-order chi connectivity index (χ1) is 35.5. The summed E-state index contributed by atoms with van der Waals surface area (Å²) in [6.45, 7) is 18.0. The largest absolute Gasteiger partial charge is 0.454 e. The third-order valence-electron chi connectivity index (χ3n) is 15.4. The molecule has 1 amide bonds. The fourth-order valence-corrected chi connectivity index (χ4v) is 11.6. The van der Waals surface area contributed by atoms with Crippen molar-refractivity contribution in [3.05, 3.63) is 90.9 Å². The SMILES string of the molecule is C=C1C(=O)O[C@H](CC)[C@@]2(C)OC(=O)N(CCCCn3cnc(-c4cccnc4)c3)[C@@H]2C(C)C(=O)[C@H](C)C[C@@](C)(OC)[C@H](OC2O[C@H](C)C[C@H](N(C)CC/C(N)=C/N(N)CCc3ccc(S(C)=O)cc3)[C@H]2O)[C@@H](C)C1=O. The number of carbonyl (C=O) groups is 4. The number of hydrogen-bond donors (Lipinski definition) is 3. The van der Waals surface area contributed by atoms with Gasteiger partial charge in [-0.3, -0.25) is 18.8 Å². The fourth-order valence-electron chi connectivity index (χ4n) is 11.1. The van der Waals surface area contributed by atoms with Crippen LogP contribution in [0.25, 0.3) is 11.3 Å². The molecule has 5 heterocycles. The van der Waals surface area contributed by atoms with Gasteiger partial charge < -0.3 is 53.9 Å². The van der Waals surface area contributed by atoms with Gasteiger partial charge in [0.2, 0.25) is 0 Å². The second-order valence-corrected chi connectivity index (χ2v) is 22.4. The van der Waals surface area contributed by atoms with Crippen LogP contribution in [0.5, 0.6) is 0 Å². The van der Waals surface area contributed by atoms with Crippen molar-refractivity contribution in [2.75, 3.05) is 40.0 Å². The Kier molecular flexibility index (Phi) is 20.2. The number of amides is 1. The van der Waals surface area contributed by atoms with Crippen molar-refractivity contribution < 1.29 is 52.2 Å². The van der Waals surface area contributed by atoms with Crippen LogP contribution in [-0.4, -0.2) is 156 Å². The number of hydrazine groups is 1. The second kappa shape index (κ2) is 25.7. The van der Waals surface area contributed by atoms with Crippen molar-refractivity contribution in [3.8, 4) is 11.3 Å². The van der Waals surface area contributed by atoms with E-state index in [9.17, 15) is 28.5 Å². The zero-order valence-electron chi connectivity index (χ0n) is 45.4. The molecule has 5 N–H and O–H groups in total. The van der Waals surface area contributed by atoms with Gasteiger partial charge in [0.25, 0.3) is 0 Å². The quantitative estimate of drug-likeness (QED) is 0.0332. The van der Waals surface area contributed by atoms with E-state index >= 15 is 0 Å². The molecule has 3 aliphatic heterocycles. The van der Waals surface area contributed by atoms with Gasteiger partial charge in [0.1, 0.15) is 18.0 Å². The predicted octanol–water partition coefficient (Wildman–Crippen LogP) is 5.57. The van der Waals surface area contributed by atoms with Crippen molar-refractivity contribution >= 4 is 34.4 Å². The van der Waals surface area contributed by atoms with Crippen LogP contribution in [-0.2, 0) is 61.8 Å². The van der Waals surface area contributed by atoms with E-state index in [1.807, 2.05) is 66.0 Å². The molecule has 0 spiro atoms. The van der Waals surface area contributed by atoms with Crippen molar-refractivity contribution in [1.82, 2.24) is 29.3 Å². The predicted molar refractivity (Wildman–Crippen MR) is 283 cm³/mol. The Balaban J connectivity index is 1.18. The van der Waals surface area contributed by atoms with Gasteiger partial charge in [0, 0.05) is 122 Å². The highest BCUT2D eigenvalue weighted by Crippen LogP contribution is 2.43. The Bertz CT molecular complexity index is 2510. The molecule has 412 valence electrons. The number of rotatable bonds is 19. The van der Waals surface area contributed by atoms with E-state index < -0.39 is 106 Å². The number of Topliss-reactive ketones (excluding diaryl/α,β-unsaturated/α-hetero) is 2. The molecule has 0 bridgehead atoms. The van der Waals surface area contributed by atoms with Crippen LogP contribution < -0.4 is 11.6 Å². The number of cyclic esters (lactones) is 1. The zero-order chi connectivity index (χ0) is 54.9. The Morgan fingerprint density at radius 3 is 2.41 bits per heavy atom. The van der Waals surface area contributed by atoms with Gasteiger partial charge in [0.15, 0.2) is 17.7 Å². The van der Waals surface area contributed by atoms with E-state index in [-0.39, 0.29) is 25.2 Å². The summed E-state index contributed by atoms with van der Waals surface area (Å²) in [5.41, 5.74) is 6.41.